The number of methoxy groups -OCH3 is 1. The maximum atomic E-state index is 12.1. The van der Waals surface area contributed by atoms with Crippen LogP contribution in [0.2, 0.25) is 5.02 Å². The Labute approximate surface area is 141 Å². The van der Waals surface area contributed by atoms with Crippen molar-refractivity contribution in [2.45, 2.75) is 18.9 Å². The summed E-state index contributed by atoms with van der Waals surface area (Å²) in [6.07, 6.45) is 0.423. The second-order valence-corrected chi connectivity index (χ2v) is 6.15. The molecule has 2 aromatic carbocycles. The number of aliphatic hydroxyl groups is 1. The normalized spacial score (nSPS) is 13.2. The van der Waals surface area contributed by atoms with Crippen LogP contribution >= 0.6 is 11.6 Å². The summed E-state index contributed by atoms with van der Waals surface area (Å²) in [6, 6.07) is 14.2. The van der Waals surface area contributed by atoms with Gasteiger partial charge in [0.05, 0.1) is 12.7 Å². The quantitative estimate of drug-likeness (QED) is 0.854. The fourth-order valence-corrected chi connectivity index (χ4v) is 2.44. The highest BCUT2D eigenvalue weighted by atomic mass is 35.5. The third-order valence-electron chi connectivity index (χ3n) is 3.46. The van der Waals surface area contributed by atoms with E-state index in [1.54, 1.807) is 38.3 Å². The number of amides is 1. The van der Waals surface area contributed by atoms with Crippen LogP contribution in [0.5, 0.6) is 5.75 Å². The Morgan fingerprint density at radius 1 is 1.26 bits per heavy atom. The van der Waals surface area contributed by atoms with Gasteiger partial charge < -0.3 is 15.2 Å². The molecule has 0 aromatic heterocycles. The molecule has 0 aliphatic carbocycles. The Morgan fingerprint density at radius 2 is 1.96 bits per heavy atom. The van der Waals surface area contributed by atoms with E-state index < -0.39 is 5.60 Å². The number of carbonyl (C=O) groups excluding carboxylic acids is 1. The lowest BCUT2D eigenvalue weighted by atomic mass is 9.96. The lowest BCUT2D eigenvalue weighted by molar-refractivity contribution is 0.0552. The first-order chi connectivity index (χ1) is 10.9. The lowest BCUT2D eigenvalue weighted by Gasteiger charge is -2.24. The summed E-state index contributed by atoms with van der Waals surface area (Å²) in [5, 5.41) is 13.7. The Balaban J connectivity index is 1.93. The first kappa shape index (κ1) is 17.3. The Morgan fingerprint density at radius 3 is 2.57 bits per heavy atom. The third-order valence-corrected chi connectivity index (χ3v) is 3.70. The molecule has 0 spiro atoms. The van der Waals surface area contributed by atoms with Crippen LogP contribution in [0.1, 0.15) is 22.8 Å². The molecule has 0 saturated carbocycles. The van der Waals surface area contributed by atoms with Crippen LogP contribution in [0.4, 0.5) is 0 Å². The Hall–Kier alpha value is -2.04. The first-order valence-corrected chi connectivity index (χ1v) is 7.66. The fourth-order valence-electron chi connectivity index (χ4n) is 2.25. The molecule has 0 fully saturated rings. The summed E-state index contributed by atoms with van der Waals surface area (Å²) < 4.78 is 5.11. The first-order valence-electron chi connectivity index (χ1n) is 7.29. The molecular weight excluding hydrogens is 314 g/mol. The standard InChI is InChI=1S/C18H20ClNO3/c1-18(22,11-13-6-8-16(23-2)9-7-13)12-20-17(21)14-4-3-5-15(19)10-14/h3-10,22H,11-12H2,1-2H3,(H,20,21). The van der Waals surface area contributed by atoms with Gasteiger partial charge in [0.1, 0.15) is 5.75 Å². The predicted molar refractivity (Wildman–Crippen MR) is 91.1 cm³/mol. The molecule has 23 heavy (non-hydrogen) atoms. The zero-order valence-electron chi connectivity index (χ0n) is 13.2. The van der Waals surface area contributed by atoms with Crippen LogP contribution in [0.3, 0.4) is 0 Å². The van der Waals surface area contributed by atoms with Gasteiger partial charge in [0.25, 0.3) is 5.91 Å². The van der Waals surface area contributed by atoms with Crippen LogP contribution in [-0.4, -0.2) is 30.3 Å². The lowest BCUT2D eigenvalue weighted by Crippen LogP contribution is -2.42. The van der Waals surface area contributed by atoms with Crippen LogP contribution in [0.25, 0.3) is 0 Å². The number of carbonyl (C=O) groups is 1. The molecule has 5 heteroatoms. The van der Waals surface area contributed by atoms with Gasteiger partial charge >= 0.3 is 0 Å². The second kappa shape index (κ2) is 7.49. The van der Waals surface area contributed by atoms with E-state index in [0.29, 0.717) is 17.0 Å². The van der Waals surface area contributed by atoms with E-state index in [9.17, 15) is 9.90 Å². The Kier molecular flexibility index (Phi) is 5.64. The molecule has 0 aliphatic rings. The van der Waals surface area contributed by atoms with E-state index in [2.05, 4.69) is 5.32 Å². The predicted octanol–water partition coefficient (Wildman–Crippen LogP) is 3.07. The smallest absolute Gasteiger partial charge is 0.251 e. The van der Waals surface area contributed by atoms with E-state index in [4.69, 9.17) is 16.3 Å². The summed E-state index contributed by atoms with van der Waals surface area (Å²) >= 11 is 5.87. The van der Waals surface area contributed by atoms with Gasteiger partial charge in [-0.1, -0.05) is 29.8 Å². The molecule has 0 saturated heterocycles. The van der Waals surface area contributed by atoms with Crippen LogP contribution < -0.4 is 10.1 Å². The minimum Gasteiger partial charge on any atom is -0.497 e. The molecule has 0 bridgehead atoms. The summed E-state index contributed by atoms with van der Waals surface area (Å²) in [5.74, 6) is 0.505. The maximum Gasteiger partial charge on any atom is 0.251 e. The molecule has 2 rings (SSSR count). The van der Waals surface area contributed by atoms with Gasteiger partial charge in [0.2, 0.25) is 0 Å². The van der Waals surface area contributed by atoms with Crippen molar-refractivity contribution in [3.8, 4) is 5.75 Å². The van der Waals surface area contributed by atoms with Gasteiger partial charge in [0, 0.05) is 23.6 Å². The number of nitrogens with one attached hydrogen (secondary N) is 1. The van der Waals surface area contributed by atoms with Crippen molar-refractivity contribution in [3.05, 3.63) is 64.7 Å². The molecule has 0 heterocycles. The van der Waals surface area contributed by atoms with Crippen molar-refractivity contribution in [3.63, 3.8) is 0 Å². The summed E-state index contributed by atoms with van der Waals surface area (Å²) in [4.78, 5) is 12.1. The van der Waals surface area contributed by atoms with Gasteiger partial charge in [-0.15, -0.1) is 0 Å². The van der Waals surface area contributed by atoms with Gasteiger partial charge in [-0.2, -0.15) is 0 Å². The van der Waals surface area contributed by atoms with Gasteiger partial charge in [-0.25, -0.2) is 0 Å². The van der Waals surface area contributed by atoms with Crippen LogP contribution in [-0.2, 0) is 6.42 Å². The molecule has 0 aliphatic heterocycles. The number of benzene rings is 2. The van der Waals surface area contributed by atoms with E-state index in [1.807, 2.05) is 24.3 Å². The number of hydrogen-bond donors (Lipinski definition) is 2. The van der Waals surface area contributed by atoms with Gasteiger partial charge in [-0.05, 0) is 42.8 Å². The number of ether oxygens (including phenoxy) is 1. The number of rotatable bonds is 6. The molecule has 4 nitrogen and oxygen atoms in total. The van der Waals surface area contributed by atoms with Crippen molar-refractivity contribution in [1.82, 2.24) is 5.32 Å². The minimum atomic E-state index is -1.05. The molecule has 1 atom stereocenters. The molecular formula is C18H20ClNO3. The van der Waals surface area contributed by atoms with Crippen molar-refractivity contribution < 1.29 is 14.6 Å². The SMILES string of the molecule is COc1ccc(CC(C)(O)CNC(=O)c2cccc(Cl)c2)cc1. The second-order valence-electron chi connectivity index (χ2n) is 5.71. The van der Waals surface area contributed by atoms with Crippen molar-refractivity contribution in [2.75, 3.05) is 13.7 Å². The average molecular weight is 334 g/mol. The van der Waals surface area contributed by atoms with E-state index >= 15 is 0 Å². The fraction of sp³-hybridized carbons (Fsp3) is 0.278. The van der Waals surface area contributed by atoms with Gasteiger partial charge in [0.15, 0.2) is 0 Å². The topological polar surface area (TPSA) is 58.6 Å². The average Bonchev–Trinajstić information content (AvgIpc) is 2.53. The summed E-state index contributed by atoms with van der Waals surface area (Å²) in [7, 11) is 1.61. The monoisotopic (exact) mass is 333 g/mol. The highest BCUT2D eigenvalue weighted by Gasteiger charge is 2.22. The largest absolute Gasteiger partial charge is 0.497 e. The molecule has 2 aromatic rings. The van der Waals surface area contributed by atoms with E-state index in [1.165, 1.54) is 0 Å². The highest BCUT2D eigenvalue weighted by molar-refractivity contribution is 6.30. The van der Waals surface area contributed by atoms with Crippen molar-refractivity contribution in [2.24, 2.45) is 0 Å². The molecule has 0 radical (unpaired) electrons. The summed E-state index contributed by atoms with van der Waals surface area (Å²) in [6.45, 7) is 1.83. The van der Waals surface area contributed by atoms with E-state index in [-0.39, 0.29) is 12.5 Å². The minimum absolute atomic E-state index is 0.143. The van der Waals surface area contributed by atoms with Crippen LogP contribution in [0.15, 0.2) is 48.5 Å². The number of halogens is 1. The van der Waals surface area contributed by atoms with Crippen LogP contribution in [0, 0.1) is 0 Å². The molecule has 2 N–H and O–H groups in total. The number of hydrogen-bond acceptors (Lipinski definition) is 3. The van der Waals surface area contributed by atoms with Crippen molar-refractivity contribution >= 4 is 17.5 Å². The highest BCUT2D eigenvalue weighted by Crippen LogP contribution is 2.17. The van der Waals surface area contributed by atoms with Gasteiger partial charge in [-0.3, -0.25) is 4.79 Å². The van der Waals surface area contributed by atoms with E-state index in [0.717, 1.165) is 11.3 Å². The molecule has 1 amide bonds. The van der Waals surface area contributed by atoms with Crippen molar-refractivity contribution in [1.29, 1.82) is 0 Å². The molecule has 1 unspecified atom stereocenters. The zero-order valence-corrected chi connectivity index (χ0v) is 13.9. The molecule has 122 valence electrons. The third kappa shape index (κ3) is 5.27. The maximum absolute atomic E-state index is 12.1. The summed E-state index contributed by atoms with van der Waals surface area (Å²) in [5.41, 5.74) is 0.383. The Bertz CT molecular complexity index is 668. The zero-order chi connectivity index (χ0) is 16.9.